The number of rotatable bonds is 8. The second kappa shape index (κ2) is 10.5. The number of guanidine groups is 1. The second-order valence-electron chi connectivity index (χ2n) is 8.22. The van der Waals surface area contributed by atoms with Gasteiger partial charge in [0.1, 0.15) is 17.3 Å². The zero-order valence-corrected chi connectivity index (χ0v) is 19.9. The molecule has 1 atom stereocenters. The average molecular weight is 478 g/mol. The lowest BCUT2D eigenvalue weighted by Gasteiger charge is -2.23. The van der Waals surface area contributed by atoms with Crippen molar-refractivity contribution in [1.82, 2.24) is 19.8 Å². The number of imidazole rings is 1. The van der Waals surface area contributed by atoms with Crippen LogP contribution in [0.2, 0.25) is 0 Å². The number of halogens is 1. The Morgan fingerprint density at radius 2 is 2.03 bits per heavy atom. The summed E-state index contributed by atoms with van der Waals surface area (Å²) in [5.74, 6) is 0.435. The van der Waals surface area contributed by atoms with Gasteiger partial charge in [-0.2, -0.15) is 0 Å². The van der Waals surface area contributed by atoms with Crippen LogP contribution in [-0.2, 0) is 4.79 Å². The van der Waals surface area contributed by atoms with E-state index in [-0.39, 0.29) is 24.4 Å². The number of benzene rings is 2. The van der Waals surface area contributed by atoms with Gasteiger partial charge in [0.15, 0.2) is 0 Å². The van der Waals surface area contributed by atoms with Gasteiger partial charge in [-0.25, -0.2) is 9.37 Å². The van der Waals surface area contributed by atoms with Gasteiger partial charge in [0.25, 0.3) is 5.91 Å². The maximum absolute atomic E-state index is 13.4. The quantitative estimate of drug-likeness (QED) is 0.382. The summed E-state index contributed by atoms with van der Waals surface area (Å²) >= 11 is 0. The third kappa shape index (κ3) is 5.25. The minimum atomic E-state index is -0.379. The molecule has 1 fully saturated rings. The Kier molecular flexibility index (Phi) is 7.26. The summed E-state index contributed by atoms with van der Waals surface area (Å²) in [7, 11) is 1.59. The highest BCUT2D eigenvalue weighted by Gasteiger charge is 2.36. The van der Waals surface area contributed by atoms with Gasteiger partial charge in [0.05, 0.1) is 30.9 Å². The number of nitrogens with one attached hydrogen (secondary N) is 1. The van der Waals surface area contributed by atoms with Gasteiger partial charge < -0.3 is 19.7 Å². The normalized spacial score (nSPS) is 16.7. The standard InChI is InChI=1S/C26H28FN5O3/c1-17-15-31(16-29-17)23-10-5-19(14-24(23)35-3)13-22-25(34)32(26(30-22)28-11-4-12-33)18(2)20-6-8-21(27)9-7-20/h5-10,13-16,18,33H,4,11-12H2,1-3H3,(H,28,30)/b22-13-/t18-/m0/s1. The van der Waals surface area contributed by atoms with E-state index in [1.807, 2.05) is 42.8 Å². The molecule has 3 aromatic rings. The first-order valence-corrected chi connectivity index (χ1v) is 11.3. The van der Waals surface area contributed by atoms with E-state index in [9.17, 15) is 9.18 Å². The maximum atomic E-state index is 13.4. The molecule has 2 heterocycles. The molecule has 2 aromatic carbocycles. The Bertz CT molecular complexity index is 1270. The van der Waals surface area contributed by atoms with E-state index in [0.717, 1.165) is 22.5 Å². The SMILES string of the molecule is COc1cc(/C=C2\NC(=NCCCO)N([C@@H](C)c3ccc(F)cc3)C2=O)ccc1-n1cnc(C)c1. The van der Waals surface area contributed by atoms with Crippen molar-refractivity contribution in [2.24, 2.45) is 4.99 Å². The van der Waals surface area contributed by atoms with E-state index < -0.39 is 0 Å². The third-order valence-electron chi connectivity index (χ3n) is 5.75. The fourth-order valence-electron chi connectivity index (χ4n) is 3.90. The smallest absolute Gasteiger partial charge is 0.277 e. The van der Waals surface area contributed by atoms with Crippen molar-refractivity contribution in [3.63, 3.8) is 0 Å². The number of nitrogens with zero attached hydrogens (tertiary/aromatic N) is 4. The van der Waals surface area contributed by atoms with Crippen LogP contribution in [0.1, 0.15) is 36.2 Å². The Hall–Kier alpha value is -3.98. The predicted molar refractivity (Wildman–Crippen MR) is 132 cm³/mol. The first-order chi connectivity index (χ1) is 16.9. The van der Waals surface area contributed by atoms with Crippen LogP contribution >= 0.6 is 0 Å². The molecule has 0 unspecified atom stereocenters. The highest BCUT2D eigenvalue weighted by Crippen LogP contribution is 2.29. The molecule has 0 bridgehead atoms. The van der Waals surface area contributed by atoms with Crippen molar-refractivity contribution in [2.75, 3.05) is 20.3 Å². The zero-order chi connectivity index (χ0) is 24.9. The summed E-state index contributed by atoms with van der Waals surface area (Å²) in [4.78, 5) is 23.7. The van der Waals surface area contributed by atoms with Gasteiger partial charge in [-0.05, 0) is 61.7 Å². The Labute approximate surface area is 203 Å². The van der Waals surface area contributed by atoms with Crippen LogP contribution in [0.25, 0.3) is 11.8 Å². The zero-order valence-electron chi connectivity index (χ0n) is 19.9. The van der Waals surface area contributed by atoms with Gasteiger partial charge in [-0.3, -0.25) is 14.7 Å². The molecule has 0 radical (unpaired) electrons. The van der Waals surface area contributed by atoms with Crippen LogP contribution < -0.4 is 10.1 Å². The number of ether oxygens (including phenoxy) is 1. The van der Waals surface area contributed by atoms with Crippen molar-refractivity contribution in [3.05, 3.63) is 83.3 Å². The molecule has 1 aromatic heterocycles. The maximum Gasteiger partial charge on any atom is 0.277 e. The van der Waals surface area contributed by atoms with Crippen LogP contribution in [-0.4, -0.2) is 51.7 Å². The van der Waals surface area contributed by atoms with Gasteiger partial charge in [0, 0.05) is 19.3 Å². The van der Waals surface area contributed by atoms with Crippen LogP contribution in [0.3, 0.4) is 0 Å². The minimum absolute atomic E-state index is 0.00349. The van der Waals surface area contributed by atoms with Crippen molar-refractivity contribution >= 4 is 17.9 Å². The first-order valence-electron chi connectivity index (χ1n) is 11.3. The van der Waals surface area contributed by atoms with Gasteiger partial charge >= 0.3 is 0 Å². The van der Waals surface area contributed by atoms with E-state index in [2.05, 4.69) is 15.3 Å². The third-order valence-corrected chi connectivity index (χ3v) is 5.75. The van der Waals surface area contributed by atoms with E-state index in [1.165, 1.54) is 12.1 Å². The van der Waals surface area contributed by atoms with E-state index in [0.29, 0.717) is 30.4 Å². The lowest BCUT2D eigenvalue weighted by Crippen LogP contribution is -2.35. The highest BCUT2D eigenvalue weighted by molar-refractivity contribution is 6.15. The largest absolute Gasteiger partial charge is 0.495 e. The van der Waals surface area contributed by atoms with Gasteiger partial charge in [0.2, 0.25) is 5.96 Å². The summed E-state index contributed by atoms with van der Waals surface area (Å²) in [5.41, 5.74) is 3.62. The lowest BCUT2D eigenvalue weighted by atomic mass is 10.1. The molecule has 1 aliphatic heterocycles. The summed E-state index contributed by atoms with van der Waals surface area (Å²) in [5, 5.41) is 12.3. The molecule has 8 nitrogen and oxygen atoms in total. The van der Waals surface area contributed by atoms with Gasteiger partial charge in [-0.15, -0.1) is 0 Å². The molecule has 2 N–H and O–H groups in total. The number of carbonyl (C=O) groups excluding carboxylic acids is 1. The summed E-state index contributed by atoms with van der Waals surface area (Å²) in [6.07, 6.45) is 5.84. The topological polar surface area (TPSA) is 92.0 Å². The van der Waals surface area contributed by atoms with Crippen molar-refractivity contribution in [1.29, 1.82) is 0 Å². The molecule has 4 rings (SSSR count). The Balaban J connectivity index is 1.66. The molecule has 0 saturated carbocycles. The van der Waals surface area contributed by atoms with Crippen LogP contribution in [0, 0.1) is 12.7 Å². The minimum Gasteiger partial charge on any atom is -0.495 e. The number of carbonyl (C=O) groups is 1. The number of aromatic nitrogens is 2. The van der Waals surface area contributed by atoms with Crippen molar-refractivity contribution in [3.8, 4) is 11.4 Å². The monoisotopic (exact) mass is 477 g/mol. The van der Waals surface area contributed by atoms with Crippen LogP contribution in [0.15, 0.2) is 65.7 Å². The molecule has 0 spiro atoms. The molecule has 1 saturated heterocycles. The number of hydrogen-bond donors (Lipinski definition) is 2. The Morgan fingerprint density at radius 3 is 2.69 bits per heavy atom. The molecule has 9 heteroatoms. The van der Waals surface area contributed by atoms with E-state index in [4.69, 9.17) is 9.84 Å². The predicted octanol–water partition coefficient (Wildman–Crippen LogP) is 3.60. The number of aliphatic imine (C=N–C) groups is 1. The molecule has 1 amide bonds. The molecular formula is C26H28FN5O3. The first kappa shape index (κ1) is 24.2. The summed E-state index contributed by atoms with van der Waals surface area (Å²) < 4.78 is 20.9. The average Bonchev–Trinajstić information content (AvgIpc) is 3.42. The number of methoxy groups -OCH3 is 1. The number of amides is 1. The Morgan fingerprint density at radius 1 is 1.26 bits per heavy atom. The van der Waals surface area contributed by atoms with Gasteiger partial charge in [-0.1, -0.05) is 18.2 Å². The fourth-order valence-corrected chi connectivity index (χ4v) is 3.90. The number of aryl methyl sites for hydroxylation is 1. The summed E-state index contributed by atoms with van der Waals surface area (Å²) in [6.45, 7) is 4.14. The molecule has 0 aliphatic carbocycles. The molecule has 35 heavy (non-hydrogen) atoms. The summed E-state index contributed by atoms with van der Waals surface area (Å²) in [6, 6.07) is 11.3. The van der Waals surface area contributed by atoms with Crippen molar-refractivity contribution in [2.45, 2.75) is 26.3 Å². The van der Waals surface area contributed by atoms with Crippen LogP contribution in [0.4, 0.5) is 4.39 Å². The number of aliphatic hydroxyl groups excluding tert-OH is 1. The fraction of sp³-hybridized carbons (Fsp3) is 0.269. The van der Waals surface area contributed by atoms with Crippen LogP contribution in [0.5, 0.6) is 5.75 Å². The number of hydrogen-bond acceptors (Lipinski definition) is 5. The van der Waals surface area contributed by atoms with E-state index >= 15 is 0 Å². The highest BCUT2D eigenvalue weighted by atomic mass is 19.1. The van der Waals surface area contributed by atoms with E-state index in [1.54, 1.807) is 36.5 Å². The van der Waals surface area contributed by atoms with Crippen molar-refractivity contribution < 1.29 is 19.0 Å². The number of aliphatic hydroxyl groups is 1. The second-order valence-corrected chi connectivity index (χ2v) is 8.22. The lowest BCUT2D eigenvalue weighted by molar-refractivity contribution is -0.123. The molecule has 1 aliphatic rings. The molecule has 182 valence electrons. The molecular weight excluding hydrogens is 449 g/mol.